The molecule has 0 radical (unpaired) electrons. The van der Waals surface area contributed by atoms with Crippen LogP contribution in [0.25, 0.3) is 0 Å². The molecule has 1 unspecified atom stereocenters. The molecule has 1 heterocycles. The first-order valence-corrected chi connectivity index (χ1v) is 6.92. The van der Waals surface area contributed by atoms with Gasteiger partial charge in [0.1, 0.15) is 12.1 Å². The van der Waals surface area contributed by atoms with Crippen LogP contribution in [-0.4, -0.2) is 16.5 Å². The van der Waals surface area contributed by atoms with Crippen LogP contribution < -0.4 is 5.32 Å². The maximum Gasteiger partial charge on any atom is 0.137 e. The van der Waals surface area contributed by atoms with Crippen LogP contribution in [-0.2, 0) is 6.42 Å². The van der Waals surface area contributed by atoms with Gasteiger partial charge < -0.3 is 5.32 Å². The van der Waals surface area contributed by atoms with Gasteiger partial charge in [0.2, 0.25) is 0 Å². The number of aromatic nitrogens is 2. The zero-order valence-corrected chi connectivity index (χ0v) is 12.2. The molecular weight excluding hydrogens is 309 g/mol. The van der Waals surface area contributed by atoms with E-state index in [1.807, 2.05) is 6.07 Å². The molecule has 2 rings (SSSR count). The number of halogens is 2. The minimum atomic E-state index is -0.244. The van der Waals surface area contributed by atoms with Crippen molar-refractivity contribution >= 4 is 15.9 Å². The first-order valence-electron chi connectivity index (χ1n) is 6.13. The molecule has 0 aliphatic rings. The van der Waals surface area contributed by atoms with Crippen LogP contribution in [0.5, 0.6) is 0 Å². The topological polar surface area (TPSA) is 37.8 Å². The molecule has 19 heavy (non-hydrogen) atoms. The van der Waals surface area contributed by atoms with Gasteiger partial charge >= 0.3 is 0 Å². The average Bonchev–Trinajstić information content (AvgIpc) is 2.43. The van der Waals surface area contributed by atoms with Gasteiger partial charge in [0.25, 0.3) is 0 Å². The lowest BCUT2D eigenvalue weighted by Crippen LogP contribution is -2.23. The summed E-state index contributed by atoms with van der Waals surface area (Å²) in [6.45, 7) is 2.90. The van der Waals surface area contributed by atoms with Crippen molar-refractivity contribution in [3.05, 3.63) is 58.3 Å². The lowest BCUT2D eigenvalue weighted by atomic mass is 10.0. The summed E-state index contributed by atoms with van der Waals surface area (Å²) in [5, 5.41) is 3.39. The highest BCUT2D eigenvalue weighted by molar-refractivity contribution is 9.10. The Kier molecular flexibility index (Phi) is 4.99. The Bertz CT molecular complexity index is 533. The van der Waals surface area contributed by atoms with Crippen molar-refractivity contribution in [1.82, 2.24) is 15.3 Å². The quantitative estimate of drug-likeness (QED) is 0.917. The zero-order valence-electron chi connectivity index (χ0n) is 10.6. The third-order valence-electron chi connectivity index (χ3n) is 2.86. The molecule has 1 aromatic heterocycles. The van der Waals surface area contributed by atoms with Crippen molar-refractivity contribution in [2.45, 2.75) is 19.4 Å². The maximum atomic E-state index is 13.2. The first kappa shape index (κ1) is 14.1. The SMILES string of the molecule is CCNC(Cc1ccc(F)c(Br)c1)c1cncnc1. The van der Waals surface area contributed by atoms with E-state index in [-0.39, 0.29) is 11.9 Å². The Morgan fingerprint density at radius 3 is 2.68 bits per heavy atom. The van der Waals surface area contributed by atoms with E-state index in [0.717, 1.165) is 24.1 Å². The summed E-state index contributed by atoms with van der Waals surface area (Å²) >= 11 is 3.21. The van der Waals surface area contributed by atoms with Gasteiger partial charge in [0, 0.05) is 24.0 Å². The number of likely N-dealkylation sites (N-methyl/N-ethyl adjacent to an activating group) is 1. The van der Waals surface area contributed by atoms with E-state index in [0.29, 0.717) is 4.47 Å². The highest BCUT2D eigenvalue weighted by Crippen LogP contribution is 2.21. The van der Waals surface area contributed by atoms with E-state index in [1.54, 1.807) is 18.5 Å². The fourth-order valence-corrected chi connectivity index (χ4v) is 2.37. The Hall–Kier alpha value is -1.33. The largest absolute Gasteiger partial charge is 0.310 e. The molecule has 3 nitrogen and oxygen atoms in total. The van der Waals surface area contributed by atoms with Crippen molar-refractivity contribution in [3.63, 3.8) is 0 Å². The second kappa shape index (κ2) is 6.73. The second-order valence-electron chi connectivity index (χ2n) is 4.23. The van der Waals surface area contributed by atoms with Crippen LogP contribution in [0.2, 0.25) is 0 Å². The molecule has 0 amide bonds. The Balaban J connectivity index is 2.19. The highest BCUT2D eigenvalue weighted by atomic mass is 79.9. The van der Waals surface area contributed by atoms with Crippen LogP contribution in [0.1, 0.15) is 24.1 Å². The van der Waals surface area contributed by atoms with Gasteiger partial charge in [-0.05, 0) is 46.6 Å². The molecule has 0 bridgehead atoms. The fraction of sp³-hybridized carbons (Fsp3) is 0.286. The minimum absolute atomic E-state index is 0.128. The van der Waals surface area contributed by atoms with Gasteiger partial charge in [-0.15, -0.1) is 0 Å². The van der Waals surface area contributed by atoms with E-state index < -0.39 is 0 Å². The molecule has 100 valence electrons. The van der Waals surface area contributed by atoms with Crippen LogP contribution in [0.15, 0.2) is 41.4 Å². The Morgan fingerprint density at radius 1 is 1.32 bits per heavy atom. The smallest absolute Gasteiger partial charge is 0.137 e. The van der Waals surface area contributed by atoms with Gasteiger partial charge in [-0.25, -0.2) is 14.4 Å². The van der Waals surface area contributed by atoms with E-state index >= 15 is 0 Å². The highest BCUT2D eigenvalue weighted by Gasteiger charge is 2.12. The number of hydrogen-bond acceptors (Lipinski definition) is 3. The standard InChI is InChI=1S/C14H15BrFN3/c1-2-19-14(11-7-17-9-18-8-11)6-10-3-4-13(16)12(15)5-10/h3-5,7-9,14,19H,2,6H2,1H3. The predicted molar refractivity (Wildman–Crippen MR) is 76.3 cm³/mol. The molecule has 0 aliphatic heterocycles. The van der Waals surface area contributed by atoms with Gasteiger partial charge in [0.05, 0.1) is 4.47 Å². The van der Waals surface area contributed by atoms with Crippen molar-refractivity contribution in [2.75, 3.05) is 6.54 Å². The summed E-state index contributed by atoms with van der Waals surface area (Å²) in [5.74, 6) is -0.244. The van der Waals surface area contributed by atoms with Crippen LogP contribution in [0, 0.1) is 5.82 Å². The zero-order chi connectivity index (χ0) is 13.7. The Labute approximate surface area is 120 Å². The molecule has 0 aliphatic carbocycles. The van der Waals surface area contributed by atoms with E-state index in [4.69, 9.17) is 0 Å². The predicted octanol–water partition coefficient (Wildman–Crippen LogP) is 3.27. The number of nitrogens with one attached hydrogen (secondary N) is 1. The second-order valence-corrected chi connectivity index (χ2v) is 5.09. The lowest BCUT2D eigenvalue weighted by Gasteiger charge is -2.17. The van der Waals surface area contributed by atoms with Crippen molar-refractivity contribution in [2.24, 2.45) is 0 Å². The number of benzene rings is 1. The van der Waals surface area contributed by atoms with Crippen LogP contribution in [0.3, 0.4) is 0 Å². The molecule has 1 N–H and O–H groups in total. The summed E-state index contributed by atoms with van der Waals surface area (Å²) in [6.07, 6.45) is 5.89. The summed E-state index contributed by atoms with van der Waals surface area (Å²) in [7, 11) is 0. The normalized spacial score (nSPS) is 12.4. The molecule has 1 aromatic carbocycles. The molecule has 2 aromatic rings. The molecule has 0 fully saturated rings. The molecular formula is C14H15BrFN3. The summed E-state index contributed by atoms with van der Waals surface area (Å²) in [4.78, 5) is 8.08. The molecule has 5 heteroatoms. The number of nitrogens with zero attached hydrogens (tertiary/aromatic N) is 2. The third kappa shape index (κ3) is 3.81. The van der Waals surface area contributed by atoms with Gasteiger partial charge in [-0.2, -0.15) is 0 Å². The molecule has 0 saturated heterocycles. The number of rotatable bonds is 5. The van der Waals surface area contributed by atoms with Crippen molar-refractivity contribution in [3.8, 4) is 0 Å². The fourth-order valence-electron chi connectivity index (χ4n) is 1.95. The maximum absolute atomic E-state index is 13.2. The van der Waals surface area contributed by atoms with Crippen molar-refractivity contribution in [1.29, 1.82) is 0 Å². The minimum Gasteiger partial charge on any atom is -0.310 e. The van der Waals surface area contributed by atoms with Crippen LogP contribution in [0.4, 0.5) is 4.39 Å². The van der Waals surface area contributed by atoms with Crippen LogP contribution >= 0.6 is 15.9 Å². The van der Waals surface area contributed by atoms with E-state index in [2.05, 4.69) is 38.1 Å². The Morgan fingerprint density at radius 2 is 2.05 bits per heavy atom. The van der Waals surface area contributed by atoms with Crippen molar-refractivity contribution < 1.29 is 4.39 Å². The molecule has 1 atom stereocenters. The monoisotopic (exact) mass is 323 g/mol. The summed E-state index contributed by atoms with van der Waals surface area (Å²) in [6, 6.07) is 5.21. The average molecular weight is 324 g/mol. The van der Waals surface area contributed by atoms with E-state index in [9.17, 15) is 4.39 Å². The van der Waals surface area contributed by atoms with Gasteiger partial charge in [0.15, 0.2) is 0 Å². The third-order valence-corrected chi connectivity index (χ3v) is 3.46. The molecule has 0 spiro atoms. The van der Waals surface area contributed by atoms with E-state index in [1.165, 1.54) is 12.4 Å². The molecule has 0 saturated carbocycles. The number of hydrogen-bond donors (Lipinski definition) is 1. The van der Waals surface area contributed by atoms with Gasteiger partial charge in [-0.3, -0.25) is 0 Å². The lowest BCUT2D eigenvalue weighted by molar-refractivity contribution is 0.545. The first-order chi connectivity index (χ1) is 9.20. The van der Waals surface area contributed by atoms with Gasteiger partial charge in [-0.1, -0.05) is 13.0 Å². The summed E-state index contributed by atoms with van der Waals surface area (Å²) in [5.41, 5.74) is 2.09. The summed E-state index contributed by atoms with van der Waals surface area (Å²) < 4.78 is 13.7.